The van der Waals surface area contributed by atoms with Gasteiger partial charge in [-0.05, 0) is 38.5 Å². The highest BCUT2D eigenvalue weighted by Crippen LogP contribution is 2.25. The molecule has 100 valence electrons. The topological polar surface area (TPSA) is 92.6 Å². The molecule has 0 saturated carbocycles. The van der Waals surface area contributed by atoms with Crippen LogP contribution in [0.5, 0.6) is 0 Å². The third-order valence-corrected chi connectivity index (χ3v) is 2.78. The van der Waals surface area contributed by atoms with Crippen molar-refractivity contribution in [2.24, 2.45) is 5.73 Å². The number of benzene rings is 1. The summed E-state index contributed by atoms with van der Waals surface area (Å²) in [5, 5.41) is 8.93. The number of primary amides is 1. The predicted octanol–water partition coefficient (Wildman–Crippen LogP) is 0.965. The van der Waals surface area contributed by atoms with Crippen LogP contribution in [0.3, 0.4) is 0 Å². The van der Waals surface area contributed by atoms with Gasteiger partial charge in [-0.25, -0.2) is 0 Å². The fraction of sp³-hybridized carbons (Fsp3) is 0.462. The summed E-state index contributed by atoms with van der Waals surface area (Å²) in [4.78, 5) is 13.5. The van der Waals surface area contributed by atoms with Crippen molar-refractivity contribution in [2.45, 2.75) is 26.3 Å². The van der Waals surface area contributed by atoms with Crippen molar-refractivity contribution in [2.75, 3.05) is 23.8 Å². The van der Waals surface area contributed by atoms with E-state index in [0.29, 0.717) is 24.2 Å². The van der Waals surface area contributed by atoms with Crippen molar-refractivity contribution in [3.8, 4) is 0 Å². The molecular weight excluding hydrogens is 230 g/mol. The van der Waals surface area contributed by atoms with Gasteiger partial charge in [-0.2, -0.15) is 0 Å². The Balaban J connectivity index is 3.14. The third kappa shape index (κ3) is 3.37. The lowest BCUT2D eigenvalue weighted by Gasteiger charge is -2.30. The van der Waals surface area contributed by atoms with E-state index < -0.39 is 5.91 Å². The van der Waals surface area contributed by atoms with Gasteiger partial charge in [0.2, 0.25) is 0 Å². The number of hydrogen-bond donors (Lipinski definition) is 3. The van der Waals surface area contributed by atoms with Gasteiger partial charge in [0.1, 0.15) is 0 Å². The maximum atomic E-state index is 11.5. The van der Waals surface area contributed by atoms with E-state index in [1.807, 2.05) is 18.7 Å². The zero-order valence-electron chi connectivity index (χ0n) is 10.9. The first kappa shape index (κ1) is 14.3. The van der Waals surface area contributed by atoms with E-state index >= 15 is 0 Å². The van der Waals surface area contributed by atoms with Crippen LogP contribution >= 0.6 is 0 Å². The lowest BCUT2D eigenvalue weighted by molar-refractivity contribution is 0.100. The summed E-state index contributed by atoms with van der Waals surface area (Å²) in [6.07, 6.45) is 0.640. The van der Waals surface area contributed by atoms with Crippen LogP contribution in [-0.2, 0) is 0 Å². The molecule has 0 aliphatic carbocycles. The Bertz CT molecular complexity index is 419. The number of rotatable bonds is 6. The monoisotopic (exact) mass is 251 g/mol. The molecule has 0 aliphatic heterocycles. The Morgan fingerprint density at radius 3 is 2.61 bits per heavy atom. The number of nitrogens with zero attached hydrogens (tertiary/aromatic N) is 1. The SMILES string of the molecule is CC(C)N(CCCO)c1ccc(N)cc1C(N)=O. The standard InChI is InChI=1S/C13H21N3O2/c1-9(2)16(6-3-7-17)12-5-4-10(14)8-11(12)13(15)18/h4-5,8-9,17H,3,6-7,14H2,1-2H3,(H2,15,18). The van der Waals surface area contributed by atoms with E-state index in [2.05, 4.69) is 0 Å². The molecule has 0 atom stereocenters. The molecule has 1 aromatic carbocycles. The van der Waals surface area contributed by atoms with E-state index in [4.69, 9.17) is 16.6 Å². The van der Waals surface area contributed by atoms with E-state index in [-0.39, 0.29) is 12.6 Å². The number of nitrogens with two attached hydrogens (primary N) is 2. The molecule has 0 radical (unpaired) electrons. The van der Waals surface area contributed by atoms with E-state index in [9.17, 15) is 4.79 Å². The summed E-state index contributed by atoms with van der Waals surface area (Å²) in [6.45, 7) is 4.83. The van der Waals surface area contributed by atoms with Crippen LogP contribution in [0.1, 0.15) is 30.6 Å². The molecule has 0 bridgehead atoms. The summed E-state index contributed by atoms with van der Waals surface area (Å²) in [5.74, 6) is -0.494. The van der Waals surface area contributed by atoms with Gasteiger partial charge in [0.05, 0.1) is 5.56 Å². The minimum Gasteiger partial charge on any atom is -0.399 e. The first-order chi connectivity index (χ1) is 8.47. The molecule has 1 amide bonds. The fourth-order valence-electron chi connectivity index (χ4n) is 1.90. The first-order valence-electron chi connectivity index (χ1n) is 6.04. The van der Waals surface area contributed by atoms with Crippen LogP contribution in [0.15, 0.2) is 18.2 Å². The Kier molecular flexibility index (Phi) is 4.97. The summed E-state index contributed by atoms with van der Waals surface area (Å²) >= 11 is 0. The predicted molar refractivity (Wildman–Crippen MR) is 73.6 cm³/mol. The smallest absolute Gasteiger partial charge is 0.250 e. The lowest BCUT2D eigenvalue weighted by Crippen LogP contribution is -2.34. The van der Waals surface area contributed by atoms with Gasteiger partial charge in [0.15, 0.2) is 0 Å². The quantitative estimate of drug-likeness (QED) is 0.657. The molecule has 0 spiro atoms. The van der Waals surface area contributed by atoms with Gasteiger partial charge in [-0.15, -0.1) is 0 Å². The number of aliphatic hydroxyl groups is 1. The second-order valence-corrected chi connectivity index (χ2v) is 4.51. The normalized spacial score (nSPS) is 10.7. The molecule has 5 heteroatoms. The molecule has 0 fully saturated rings. The molecule has 0 heterocycles. The molecule has 0 saturated heterocycles. The van der Waals surface area contributed by atoms with Gasteiger partial charge in [-0.1, -0.05) is 0 Å². The van der Waals surface area contributed by atoms with Crippen molar-refractivity contribution in [3.05, 3.63) is 23.8 Å². The maximum absolute atomic E-state index is 11.5. The Morgan fingerprint density at radius 2 is 2.11 bits per heavy atom. The second kappa shape index (κ2) is 6.26. The molecule has 0 aliphatic rings. The highest BCUT2D eigenvalue weighted by molar-refractivity contribution is 5.99. The van der Waals surface area contributed by atoms with E-state index in [1.54, 1.807) is 18.2 Å². The molecular formula is C13H21N3O2. The summed E-state index contributed by atoms with van der Waals surface area (Å²) < 4.78 is 0. The van der Waals surface area contributed by atoms with E-state index in [0.717, 1.165) is 5.69 Å². The van der Waals surface area contributed by atoms with Crippen molar-refractivity contribution in [1.29, 1.82) is 0 Å². The number of carbonyl (C=O) groups excluding carboxylic acids is 1. The number of hydrogen-bond acceptors (Lipinski definition) is 4. The summed E-state index contributed by atoms with van der Waals surface area (Å²) in [6, 6.07) is 5.34. The minimum absolute atomic E-state index is 0.115. The Hall–Kier alpha value is -1.75. The van der Waals surface area contributed by atoms with Crippen LogP contribution in [0, 0.1) is 0 Å². The molecule has 1 rings (SSSR count). The second-order valence-electron chi connectivity index (χ2n) is 4.51. The lowest BCUT2D eigenvalue weighted by atomic mass is 10.1. The van der Waals surface area contributed by atoms with Crippen molar-refractivity contribution in [1.82, 2.24) is 0 Å². The van der Waals surface area contributed by atoms with Crippen LogP contribution < -0.4 is 16.4 Å². The number of aliphatic hydroxyl groups excluding tert-OH is 1. The number of nitrogen functional groups attached to an aromatic ring is 1. The van der Waals surface area contributed by atoms with Gasteiger partial charge in [-0.3, -0.25) is 4.79 Å². The zero-order chi connectivity index (χ0) is 13.7. The molecule has 5 N–H and O–H groups in total. The fourth-order valence-corrected chi connectivity index (χ4v) is 1.90. The van der Waals surface area contributed by atoms with Gasteiger partial charge < -0.3 is 21.5 Å². The number of anilines is 2. The maximum Gasteiger partial charge on any atom is 0.250 e. The highest BCUT2D eigenvalue weighted by Gasteiger charge is 2.17. The van der Waals surface area contributed by atoms with Gasteiger partial charge in [0, 0.05) is 30.6 Å². The average Bonchev–Trinajstić information content (AvgIpc) is 2.30. The summed E-state index contributed by atoms with van der Waals surface area (Å²) in [5.41, 5.74) is 12.7. The van der Waals surface area contributed by atoms with E-state index in [1.165, 1.54) is 0 Å². The molecule has 18 heavy (non-hydrogen) atoms. The third-order valence-electron chi connectivity index (χ3n) is 2.78. The molecule has 0 unspecified atom stereocenters. The van der Waals surface area contributed by atoms with Crippen LogP contribution in [0.4, 0.5) is 11.4 Å². The largest absolute Gasteiger partial charge is 0.399 e. The van der Waals surface area contributed by atoms with Crippen LogP contribution in [0.25, 0.3) is 0 Å². The van der Waals surface area contributed by atoms with Crippen LogP contribution in [0.2, 0.25) is 0 Å². The number of amides is 1. The van der Waals surface area contributed by atoms with Crippen molar-refractivity contribution in [3.63, 3.8) is 0 Å². The zero-order valence-corrected chi connectivity index (χ0v) is 10.9. The highest BCUT2D eigenvalue weighted by atomic mass is 16.3. The molecule has 1 aromatic rings. The van der Waals surface area contributed by atoms with Gasteiger partial charge in [0.25, 0.3) is 5.91 Å². The molecule has 5 nitrogen and oxygen atoms in total. The Labute approximate surface area is 107 Å². The van der Waals surface area contributed by atoms with Crippen molar-refractivity contribution >= 4 is 17.3 Å². The van der Waals surface area contributed by atoms with Crippen molar-refractivity contribution < 1.29 is 9.90 Å². The van der Waals surface area contributed by atoms with Crippen LogP contribution in [-0.4, -0.2) is 30.2 Å². The first-order valence-corrected chi connectivity index (χ1v) is 6.04. The minimum atomic E-state index is -0.494. The number of carbonyl (C=O) groups is 1. The molecule has 0 aromatic heterocycles. The summed E-state index contributed by atoms with van der Waals surface area (Å²) in [7, 11) is 0. The Morgan fingerprint density at radius 1 is 1.44 bits per heavy atom. The van der Waals surface area contributed by atoms with Gasteiger partial charge >= 0.3 is 0 Å². The average molecular weight is 251 g/mol.